The lowest BCUT2D eigenvalue weighted by atomic mass is 10.1. The molecule has 0 radical (unpaired) electrons. The number of rotatable bonds is 5. The van der Waals surface area contributed by atoms with Gasteiger partial charge in [-0.1, -0.05) is 13.8 Å². The zero-order valence-electron chi connectivity index (χ0n) is 10.9. The van der Waals surface area contributed by atoms with Crippen molar-refractivity contribution in [2.75, 3.05) is 0 Å². The summed E-state index contributed by atoms with van der Waals surface area (Å²) in [7, 11) is 1.75. The van der Waals surface area contributed by atoms with Crippen LogP contribution in [0, 0.1) is 0 Å². The highest BCUT2D eigenvalue weighted by Gasteiger charge is 2.15. The van der Waals surface area contributed by atoms with Crippen molar-refractivity contribution in [3.05, 3.63) is 22.8 Å². The molecule has 0 saturated heterocycles. The molecule has 2 rings (SSSR count). The van der Waals surface area contributed by atoms with Crippen molar-refractivity contribution in [1.29, 1.82) is 0 Å². The van der Waals surface area contributed by atoms with Gasteiger partial charge in [0.15, 0.2) is 5.82 Å². The minimum atomic E-state index is 0.500. The minimum absolute atomic E-state index is 0.500. The molecule has 2 aromatic rings. The van der Waals surface area contributed by atoms with E-state index in [-0.39, 0.29) is 0 Å². The van der Waals surface area contributed by atoms with Crippen molar-refractivity contribution < 1.29 is 0 Å². The standard InChI is InChI=1S/C11H17ClN6/c1-4-9-8(6-12)10(5-2)18(14-9)7-11-13-16-17(3)15-11/h4-7H2,1-3H3. The predicted molar refractivity (Wildman–Crippen MR) is 68.4 cm³/mol. The number of nitrogens with zero attached hydrogens (tertiary/aromatic N) is 6. The Morgan fingerprint density at radius 2 is 1.94 bits per heavy atom. The van der Waals surface area contributed by atoms with Gasteiger partial charge < -0.3 is 0 Å². The Balaban J connectivity index is 2.35. The van der Waals surface area contributed by atoms with Crippen molar-refractivity contribution in [2.45, 2.75) is 39.1 Å². The van der Waals surface area contributed by atoms with Gasteiger partial charge >= 0.3 is 0 Å². The fraction of sp³-hybridized carbons (Fsp3) is 0.636. The van der Waals surface area contributed by atoms with E-state index in [4.69, 9.17) is 11.6 Å². The van der Waals surface area contributed by atoms with Gasteiger partial charge in [-0.25, -0.2) is 0 Å². The van der Waals surface area contributed by atoms with Gasteiger partial charge in [0.05, 0.1) is 18.6 Å². The second-order valence-corrected chi connectivity index (χ2v) is 4.33. The highest BCUT2D eigenvalue weighted by Crippen LogP contribution is 2.18. The molecule has 18 heavy (non-hydrogen) atoms. The van der Waals surface area contributed by atoms with Crippen LogP contribution in [0.4, 0.5) is 0 Å². The highest BCUT2D eigenvalue weighted by atomic mass is 35.5. The summed E-state index contributed by atoms with van der Waals surface area (Å²) in [6.07, 6.45) is 1.78. The van der Waals surface area contributed by atoms with E-state index in [0.717, 1.165) is 29.8 Å². The van der Waals surface area contributed by atoms with Crippen LogP contribution < -0.4 is 0 Å². The van der Waals surface area contributed by atoms with Crippen LogP contribution in [0.3, 0.4) is 0 Å². The van der Waals surface area contributed by atoms with Gasteiger partial charge in [0.25, 0.3) is 0 Å². The van der Waals surface area contributed by atoms with Crippen molar-refractivity contribution in [2.24, 2.45) is 7.05 Å². The largest absolute Gasteiger partial charge is 0.261 e. The third-order valence-electron chi connectivity index (χ3n) is 2.89. The number of hydrogen-bond acceptors (Lipinski definition) is 4. The van der Waals surface area contributed by atoms with Crippen LogP contribution in [-0.4, -0.2) is 30.0 Å². The van der Waals surface area contributed by atoms with Crippen LogP contribution in [0.15, 0.2) is 0 Å². The third kappa shape index (κ3) is 2.38. The van der Waals surface area contributed by atoms with E-state index < -0.39 is 0 Å². The number of hydrogen-bond donors (Lipinski definition) is 0. The van der Waals surface area contributed by atoms with Gasteiger partial charge in [-0.2, -0.15) is 9.90 Å². The SMILES string of the molecule is CCc1nn(Cc2nnn(C)n2)c(CC)c1CCl. The van der Waals surface area contributed by atoms with E-state index in [2.05, 4.69) is 34.4 Å². The third-order valence-corrected chi connectivity index (χ3v) is 3.16. The Morgan fingerprint density at radius 1 is 1.17 bits per heavy atom. The molecule has 0 aliphatic heterocycles. The van der Waals surface area contributed by atoms with Crippen LogP contribution in [-0.2, 0) is 32.3 Å². The number of aryl methyl sites for hydroxylation is 2. The lowest BCUT2D eigenvalue weighted by Gasteiger charge is -2.03. The molecule has 0 atom stereocenters. The Bertz CT molecular complexity index is 530. The summed E-state index contributed by atoms with van der Waals surface area (Å²) in [6, 6.07) is 0. The van der Waals surface area contributed by atoms with Gasteiger partial charge in [-0.3, -0.25) is 4.68 Å². The molecule has 0 bridgehead atoms. The van der Waals surface area contributed by atoms with Crippen LogP contribution in [0.5, 0.6) is 0 Å². The van der Waals surface area contributed by atoms with Crippen LogP contribution in [0.2, 0.25) is 0 Å². The van der Waals surface area contributed by atoms with Gasteiger partial charge in [-0.05, 0) is 18.1 Å². The smallest absolute Gasteiger partial charge is 0.196 e. The molecule has 0 unspecified atom stereocenters. The molecule has 0 spiro atoms. The van der Waals surface area contributed by atoms with E-state index in [0.29, 0.717) is 18.2 Å². The summed E-state index contributed by atoms with van der Waals surface area (Å²) >= 11 is 6.01. The monoisotopic (exact) mass is 268 g/mol. The van der Waals surface area contributed by atoms with Gasteiger partial charge in [0.2, 0.25) is 0 Å². The molecule has 0 aliphatic rings. The molecule has 0 aliphatic carbocycles. The van der Waals surface area contributed by atoms with Crippen molar-refractivity contribution in [3.8, 4) is 0 Å². The molecule has 0 aromatic carbocycles. The van der Waals surface area contributed by atoms with Crippen LogP contribution >= 0.6 is 11.6 Å². The normalized spacial score (nSPS) is 11.1. The van der Waals surface area contributed by atoms with Gasteiger partial charge in [-0.15, -0.1) is 21.8 Å². The molecule has 0 amide bonds. The summed E-state index contributed by atoms with van der Waals surface area (Å²) in [4.78, 5) is 1.45. The van der Waals surface area contributed by atoms with Gasteiger partial charge in [0.1, 0.15) is 6.54 Å². The van der Waals surface area contributed by atoms with Crippen molar-refractivity contribution in [1.82, 2.24) is 30.0 Å². The Hall–Kier alpha value is -1.43. The lowest BCUT2D eigenvalue weighted by molar-refractivity contribution is 0.602. The average molecular weight is 269 g/mol. The van der Waals surface area contributed by atoms with Crippen molar-refractivity contribution in [3.63, 3.8) is 0 Å². The molecule has 2 aromatic heterocycles. The molecule has 0 fully saturated rings. The highest BCUT2D eigenvalue weighted by molar-refractivity contribution is 6.17. The van der Waals surface area contributed by atoms with E-state index in [9.17, 15) is 0 Å². The fourth-order valence-corrected chi connectivity index (χ4v) is 2.38. The zero-order valence-corrected chi connectivity index (χ0v) is 11.6. The first-order valence-corrected chi connectivity index (χ1v) is 6.59. The summed E-state index contributed by atoms with van der Waals surface area (Å²) in [5.74, 6) is 1.17. The molecule has 0 saturated carbocycles. The Morgan fingerprint density at radius 3 is 2.44 bits per heavy atom. The summed E-state index contributed by atoms with van der Waals surface area (Å²) in [5.41, 5.74) is 3.37. The Kier molecular flexibility index (Phi) is 3.96. The maximum absolute atomic E-state index is 6.01. The predicted octanol–water partition coefficient (Wildman–Crippen LogP) is 1.32. The van der Waals surface area contributed by atoms with Crippen LogP contribution in [0.25, 0.3) is 0 Å². The lowest BCUT2D eigenvalue weighted by Crippen LogP contribution is -2.08. The second kappa shape index (κ2) is 5.48. The van der Waals surface area contributed by atoms with E-state index in [1.165, 1.54) is 4.80 Å². The number of alkyl halides is 1. The molecule has 2 heterocycles. The molecular weight excluding hydrogens is 252 g/mol. The van der Waals surface area contributed by atoms with E-state index >= 15 is 0 Å². The summed E-state index contributed by atoms with van der Waals surface area (Å²) in [6.45, 7) is 4.73. The Labute approximate surface area is 111 Å². The quantitative estimate of drug-likeness (QED) is 0.768. The topological polar surface area (TPSA) is 61.4 Å². The van der Waals surface area contributed by atoms with E-state index in [1.807, 2.05) is 4.68 Å². The summed E-state index contributed by atoms with van der Waals surface area (Å²) < 4.78 is 1.94. The first kappa shape index (κ1) is 13.0. The summed E-state index contributed by atoms with van der Waals surface area (Å²) in [5, 5.41) is 16.6. The average Bonchev–Trinajstić information content (AvgIpc) is 2.92. The second-order valence-electron chi connectivity index (χ2n) is 4.07. The van der Waals surface area contributed by atoms with Gasteiger partial charge in [0, 0.05) is 11.3 Å². The fourth-order valence-electron chi connectivity index (χ4n) is 2.07. The maximum Gasteiger partial charge on any atom is 0.196 e. The van der Waals surface area contributed by atoms with Crippen molar-refractivity contribution >= 4 is 11.6 Å². The molecule has 98 valence electrons. The number of tetrazole rings is 1. The molecule has 7 heteroatoms. The number of halogens is 1. The first-order valence-electron chi connectivity index (χ1n) is 6.05. The first-order chi connectivity index (χ1) is 8.69. The molecule has 6 nitrogen and oxygen atoms in total. The minimum Gasteiger partial charge on any atom is -0.261 e. The maximum atomic E-state index is 6.01. The van der Waals surface area contributed by atoms with Crippen LogP contribution in [0.1, 0.15) is 36.6 Å². The molecule has 0 N–H and O–H groups in total. The van der Waals surface area contributed by atoms with E-state index in [1.54, 1.807) is 7.05 Å². The zero-order chi connectivity index (χ0) is 13.1. The molecular formula is C11H17ClN6. The number of aromatic nitrogens is 6.